The van der Waals surface area contributed by atoms with E-state index in [-0.39, 0.29) is 0 Å². The van der Waals surface area contributed by atoms with Crippen molar-refractivity contribution in [3.63, 3.8) is 0 Å². The highest BCUT2D eigenvalue weighted by molar-refractivity contribution is 5.56. The summed E-state index contributed by atoms with van der Waals surface area (Å²) in [5.74, 6) is 2.33. The molecule has 0 saturated carbocycles. The summed E-state index contributed by atoms with van der Waals surface area (Å²) in [6.45, 7) is 7.60. The van der Waals surface area contributed by atoms with Gasteiger partial charge < -0.3 is 15.7 Å². The van der Waals surface area contributed by atoms with Crippen molar-refractivity contribution in [3.8, 4) is 0 Å². The molecule has 2 heterocycles. The summed E-state index contributed by atoms with van der Waals surface area (Å²) >= 11 is 0. The Morgan fingerprint density at radius 2 is 1.95 bits per heavy atom. The molecule has 5 heteroatoms. The number of anilines is 2. The van der Waals surface area contributed by atoms with Crippen LogP contribution in [0.4, 0.5) is 11.6 Å². The Morgan fingerprint density at radius 1 is 1.32 bits per heavy atom. The molecule has 0 aliphatic carbocycles. The molecule has 0 radical (unpaired) electrons. The quantitative estimate of drug-likeness (QED) is 0.868. The highest BCUT2D eigenvalue weighted by atomic mass is 16.3. The summed E-state index contributed by atoms with van der Waals surface area (Å²) in [4.78, 5) is 11.2. The van der Waals surface area contributed by atoms with Crippen LogP contribution >= 0.6 is 0 Å². The second-order valence-corrected chi connectivity index (χ2v) is 5.71. The number of hydrogen-bond acceptors (Lipinski definition) is 5. The van der Waals surface area contributed by atoms with Gasteiger partial charge in [0.25, 0.3) is 0 Å². The van der Waals surface area contributed by atoms with Gasteiger partial charge in [0.2, 0.25) is 0 Å². The molecular weight excluding hydrogens is 240 g/mol. The summed E-state index contributed by atoms with van der Waals surface area (Å²) in [6.07, 6.45) is 3.39. The van der Waals surface area contributed by atoms with E-state index < -0.39 is 5.60 Å². The topological polar surface area (TPSA) is 75.3 Å². The number of piperidine rings is 1. The minimum absolute atomic E-state index is 0.546. The number of aryl methyl sites for hydroxylation is 1. The minimum atomic E-state index is -0.546. The van der Waals surface area contributed by atoms with Gasteiger partial charge in [-0.25, -0.2) is 9.97 Å². The average molecular weight is 264 g/mol. The Balaban J connectivity index is 2.24. The average Bonchev–Trinajstić information content (AvgIpc) is 2.34. The molecule has 1 aromatic rings. The molecule has 1 saturated heterocycles. The van der Waals surface area contributed by atoms with Crippen LogP contribution in [0.25, 0.3) is 0 Å². The van der Waals surface area contributed by atoms with Gasteiger partial charge in [-0.2, -0.15) is 0 Å². The lowest BCUT2D eigenvalue weighted by molar-refractivity contribution is 0.0350. The van der Waals surface area contributed by atoms with Gasteiger partial charge in [-0.05, 0) is 33.1 Å². The van der Waals surface area contributed by atoms with Crippen molar-refractivity contribution in [3.05, 3.63) is 11.4 Å². The van der Waals surface area contributed by atoms with Crippen molar-refractivity contribution in [2.75, 3.05) is 23.7 Å². The summed E-state index contributed by atoms with van der Waals surface area (Å²) in [5, 5.41) is 10.0. The minimum Gasteiger partial charge on any atom is -0.390 e. The van der Waals surface area contributed by atoms with E-state index in [0.29, 0.717) is 5.82 Å². The van der Waals surface area contributed by atoms with E-state index in [1.807, 2.05) is 13.8 Å². The van der Waals surface area contributed by atoms with Crippen LogP contribution in [0.15, 0.2) is 0 Å². The number of nitrogens with zero attached hydrogens (tertiary/aromatic N) is 3. The van der Waals surface area contributed by atoms with Gasteiger partial charge in [-0.1, -0.05) is 6.92 Å². The third-order valence-electron chi connectivity index (χ3n) is 3.82. The summed E-state index contributed by atoms with van der Waals surface area (Å²) < 4.78 is 0. The number of aromatic nitrogens is 2. The Morgan fingerprint density at radius 3 is 2.53 bits per heavy atom. The highest BCUT2D eigenvalue weighted by Crippen LogP contribution is 2.28. The first kappa shape index (κ1) is 14.1. The zero-order chi connectivity index (χ0) is 14.0. The van der Waals surface area contributed by atoms with Crippen LogP contribution in [0.2, 0.25) is 0 Å². The molecule has 0 atom stereocenters. The highest BCUT2D eigenvalue weighted by Gasteiger charge is 2.29. The van der Waals surface area contributed by atoms with Gasteiger partial charge in [-0.15, -0.1) is 0 Å². The Bertz CT molecular complexity index is 449. The Labute approximate surface area is 114 Å². The monoisotopic (exact) mass is 264 g/mol. The number of rotatable bonds is 3. The van der Waals surface area contributed by atoms with E-state index in [4.69, 9.17) is 5.73 Å². The van der Waals surface area contributed by atoms with Crippen LogP contribution in [0.5, 0.6) is 0 Å². The molecule has 0 amide bonds. The van der Waals surface area contributed by atoms with Gasteiger partial charge in [0.05, 0.1) is 5.60 Å². The molecule has 0 aromatic carbocycles. The van der Waals surface area contributed by atoms with E-state index in [0.717, 1.165) is 56.0 Å². The van der Waals surface area contributed by atoms with Crippen LogP contribution < -0.4 is 10.6 Å². The van der Waals surface area contributed by atoms with Crippen LogP contribution in [-0.2, 0) is 6.42 Å². The molecule has 0 bridgehead atoms. The van der Waals surface area contributed by atoms with Crippen molar-refractivity contribution in [1.29, 1.82) is 0 Å². The van der Waals surface area contributed by atoms with E-state index in [1.54, 1.807) is 0 Å². The summed E-state index contributed by atoms with van der Waals surface area (Å²) in [7, 11) is 0. The molecule has 5 nitrogen and oxygen atoms in total. The zero-order valence-electron chi connectivity index (χ0n) is 12.1. The van der Waals surface area contributed by atoms with Gasteiger partial charge >= 0.3 is 0 Å². The fourth-order valence-corrected chi connectivity index (χ4v) is 2.41. The Hall–Kier alpha value is -1.36. The molecule has 1 aromatic heterocycles. The fourth-order valence-electron chi connectivity index (χ4n) is 2.41. The molecule has 1 aliphatic rings. The molecular formula is C14H24N4O. The maximum absolute atomic E-state index is 10.0. The standard InChI is InChI=1S/C14H24N4O/c1-4-5-11-16-12(15)10(2)13(17-11)18-8-6-14(3,19)7-9-18/h19H,4-9H2,1-3H3,(H2,15,16,17). The Kier molecular flexibility index (Phi) is 3.94. The first-order valence-electron chi connectivity index (χ1n) is 7.03. The lowest BCUT2D eigenvalue weighted by atomic mass is 9.94. The van der Waals surface area contributed by atoms with Crippen molar-refractivity contribution in [2.24, 2.45) is 0 Å². The van der Waals surface area contributed by atoms with Gasteiger partial charge in [0.1, 0.15) is 17.5 Å². The number of aliphatic hydroxyl groups is 1. The maximum atomic E-state index is 10.0. The van der Waals surface area contributed by atoms with E-state index >= 15 is 0 Å². The van der Waals surface area contributed by atoms with Crippen molar-refractivity contribution < 1.29 is 5.11 Å². The smallest absolute Gasteiger partial charge is 0.137 e. The largest absolute Gasteiger partial charge is 0.390 e. The first-order valence-corrected chi connectivity index (χ1v) is 7.03. The summed E-state index contributed by atoms with van der Waals surface area (Å²) in [6, 6.07) is 0. The molecule has 0 spiro atoms. The maximum Gasteiger partial charge on any atom is 0.137 e. The second-order valence-electron chi connectivity index (χ2n) is 5.71. The number of nitrogens with two attached hydrogens (primary N) is 1. The lowest BCUT2D eigenvalue weighted by Gasteiger charge is -2.37. The van der Waals surface area contributed by atoms with Crippen molar-refractivity contribution in [2.45, 2.75) is 52.1 Å². The third kappa shape index (κ3) is 3.15. The number of nitrogen functional groups attached to an aromatic ring is 1. The van der Waals surface area contributed by atoms with Crippen molar-refractivity contribution >= 4 is 11.6 Å². The predicted molar refractivity (Wildman–Crippen MR) is 77.2 cm³/mol. The SMILES string of the molecule is CCCc1nc(N)c(C)c(N2CCC(C)(O)CC2)n1. The van der Waals surface area contributed by atoms with Gasteiger partial charge in [0, 0.05) is 25.1 Å². The molecule has 0 unspecified atom stereocenters. The van der Waals surface area contributed by atoms with E-state index in [1.165, 1.54) is 0 Å². The normalized spacial score (nSPS) is 18.6. The third-order valence-corrected chi connectivity index (χ3v) is 3.82. The fraction of sp³-hybridized carbons (Fsp3) is 0.714. The van der Waals surface area contributed by atoms with E-state index in [2.05, 4.69) is 21.8 Å². The molecule has 2 rings (SSSR count). The van der Waals surface area contributed by atoms with Crippen LogP contribution in [0.1, 0.15) is 44.5 Å². The molecule has 3 N–H and O–H groups in total. The zero-order valence-corrected chi connectivity index (χ0v) is 12.1. The summed E-state index contributed by atoms with van der Waals surface area (Å²) in [5.41, 5.74) is 6.38. The molecule has 1 aliphatic heterocycles. The van der Waals surface area contributed by atoms with E-state index in [9.17, 15) is 5.11 Å². The van der Waals surface area contributed by atoms with Crippen molar-refractivity contribution in [1.82, 2.24) is 9.97 Å². The number of hydrogen-bond donors (Lipinski definition) is 2. The molecule has 106 valence electrons. The molecule has 1 fully saturated rings. The second kappa shape index (κ2) is 5.33. The van der Waals surface area contributed by atoms with Crippen LogP contribution in [-0.4, -0.2) is 33.8 Å². The first-order chi connectivity index (χ1) is 8.93. The van der Waals surface area contributed by atoms with Crippen LogP contribution in [0, 0.1) is 6.92 Å². The van der Waals surface area contributed by atoms with Gasteiger partial charge in [0.15, 0.2) is 0 Å². The van der Waals surface area contributed by atoms with Gasteiger partial charge in [-0.3, -0.25) is 0 Å². The van der Waals surface area contributed by atoms with Crippen LogP contribution in [0.3, 0.4) is 0 Å². The molecule has 19 heavy (non-hydrogen) atoms. The predicted octanol–water partition coefficient (Wildman–Crippen LogP) is 1.67. The lowest BCUT2D eigenvalue weighted by Crippen LogP contribution is -2.43.